The minimum Gasteiger partial charge on any atom is -0.276 e. The van der Waals surface area contributed by atoms with Gasteiger partial charge in [0.25, 0.3) is 5.91 Å². The molecule has 0 spiro atoms. The van der Waals surface area contributed by atoms with E-state index in [4.69, 9.17) is 0 Å². The Morgan fingerprint density at radius 3 is 2.31 bits per heavy atom. The topological polar surface area (TPSA) is 37.4 Å². The standard InChI is InChI=1S/C11H9Br2NO2/c12-11(13)6-9(15)14(10(11)16)7-8-4-2-1-3-5-8/h1-5H,6-7H2. The Kier molecular flexibility index (Phi) is 3.17. The third kappa shape index (κ3) is 2.20. The van der Waals surface area contributed by atoms with Gasteiger partial charge in [0.15, 0.2) is 3.23 Å². The molecule has 1 saturated heterocycles. The molecule has 0 atom stereocenters. The van der Waals surface area contributed by atoms with Crippen molar-refractivity contribution in [2.24, 2.45) is 0 Å². The summed E-state index contributed by atoms with van der Waals surface area (Å²) >= 11 is 6.41. The van der Waals surface area contributed by atoms with E-state index in [0.29, 0.717) is 6.54 Å². The monoisotopic (exact) mass is 345 g/mol. The minimum absolute atomic E-state index is 0.151. The molecule has 0 bridgehead atoms. The van der Waals surface area contributed by atoms with Crippen molar-refractivity contribution in [3.05, 3.63) is 35.9 Å². The predicted molar refractivity (Wildman–Crippen MR) is 67.2 cm³/mol. The normalized spacial score (nSPS) is 19.2. The molecule has 1 aromatic rings. The van der Waals surface area contributed by atoms with Gasteiger partial charge in [0.2, 0.25) is 5.91 Å². The highest BCUT2D eigenvalue weighted by molar-refractivity contribution is 9.26. The van der Waals surface area contributed by atoms with Crippen molar-refractivity contribution in [1.29, 1.82) is 0 Å². The lowest BCUT2D eigenvalue weighted by Crippen LogP contribution is -2.32. The van der Waals surface area contributed by atoms with Crippen LogP contribution < -0.4 is 0 Å². The number of carbonyl (C=O) groups is 2. The molecule has 1 heterocycles. The lowest BCUT2D eigenvalue weighted by Gasteiger charge is -2.15. The Morgan fingerprint density at radius 1 is 1.19 bits per heavy atom. The summed E-state index contributed by atoms with van der Waals surface area (Å²) < 4.78 is -0.911. The van der Waals surface area contributed by atoms with Crippen molar-refractivity contribution in [3.8, 4) is 0 Å². The molecule has 84 valence electrons. The number of hydrogen-bond donors (Lipinski definition) is 0. The lowest BCUT2D eigenvalue weighted by molar-refractivity contribution is -0.139. The van der Waals surface area contributed by atoms with Gasteiger partial charge in [-0.3, -0.25) is 14.5 Å². The van der Waals surface area contributed by atoms with Crippen LogP contribution in [0.4, 0.5) is 0 Å². The Morgan fingerprint density at radius 2 is 1.81 bits per heavy atom. The predicted octanol–water partition coefficient (Wildman–Crippen LogP) is 2.43. The van der Waals surface area contributed by atoms with Crippen molar-refractivity contribution in [2.75, 3.05) is 0 Å². The average molecular weight is 347 g/mol. The number of nitrogens with zero attached hydrogens (tertiary/aromatic N) is 1. The lowest BCUT2D eigenvalue weighted by atomic mass is 10.2. The molecule has 0 saturated carbocycles. The SMILES string of the molecule is O=C1CC(Br)(Br)C(=O)N1Cc1ccccc1. The van der Waals surface area contributed by atoms with E-state index in [0.717, 1.165) is 5.56 Å². The highest BCUT2D eigenvalue weighted by atomic mass is 79.9. The first-order chi connectivity index (χ1) is 7.50. The second kappa shape index (κ2) is 4.30. The summed E-state index contributed by atoms with van der Waals surface area (Å²) in [5, 5.41) is 0. The number of alkyl halides is 2. The second-order valence-corrected chi connectivity index (χ2v) is 7.42. The van der Waals surface area contributed by atoms with E-state index in [1.54, 1.807) is 0 Å². The zero-order valence-electron chi connectivity index (χ0n) is 8.32. The molecule has 0 N–H and O–H groups in total. The van der Waals surface area contributed by atoms with Crippen LogP contribution in [0.3, 0.4) is 0 Å². The van der Waals surface area contributed by atoms with E-state index in [1.165, 1.54) is 4.90 Å². The number of likely N-dealkylation sites (tertiary alicyclic amines) is 1. The van der Waals surface area contributed by atoms with E-state index in [-0.39, 0.29) is 18.2 Å². The van der Waals surface area contributed by atoms with E-state index >= 15 is 0 Å². The molecule has 16 heavy (non-hydrogen) atoms. The highest BCUT2D eigenvalue weighted by Gasteiger charge is 2.48. The number of amides is 2. The van der Waals surface area contributed by atoms with Crippen LogP contribution in [0.2, 0.25) is 0 Å². The molecule has 2 amide bonds. The van der Waals surface area contributed by atoms with Crippen LogP contribution in [0.1, 0.15) is 12.0 Å². The van der Waals surface area contributed by atoms with E-state index in [9.17, 15) is 9.59 Å². The van der Waals surface area contributed by atoms with Gasteiger partial charge in [0, 0.05) is 0 Å². The number of benzene rings is 1. The van der Waals surface area contributed by atoms with Gasteiger partial charge in [-0.15, -0.1) is 0 Å². The maximum Gasteiger partial charge on any atom is 0.257 e. The van der Waals surface area contributed by atoms with Crippen LogP contribution in [0.25, 0.3) is 0 Å². The zero-order chi connectivity index (χ0) is 11.8. The van der Waals surface area contributed by atoms with Crippen molar-refractivity contribution >= 4 is 43.7 Å². The summed E-state index contributed by atoms with van der Waals surface area (Å²) in [6.45, 7) is 0.331. The smallest absolute Gasteiger partial charge is 0.257 e. The number of rotatable bonds is 2. The maximum absolute atomic E-state index is 11.9. The van der Waals surface area contributed by atoms with Gasteiger partial charge >= 0.3 is 0 Å². The summed E-state index contributed by atoms with van der Waals surface area (Å²) in [6.07, 6.45) is 0.151. The van der Waals surface area contributed by atoms with Crippen molar-refractivity contribution in [2.45, 2.75) is 16.2 Å². The van der Waals surface area contributed by atoms with E-state index in [1.807, 2.05) is 30.3 Å². The summed E-state index contributed by atoms with van der Waals surface area (Å²) in [5.74, 6) is -0.399. The van der Waals surface area contributed by atoms with Crippen LogP contribution in [-0.2, 0) is 16.1 Å². The van der Waals surface area contributed by atoms with Gasteiger partial charge in [0.1, 0.15) is 0 Å². The number of hydrogen-bond acceptors (Lipinski definition) is 2. The molecule has 0 radical (unpaired) electrons. The molecule has 1 fully saturated rings. The largest absolute Gasteiger partial charge is 0.276 e. The first-order valence-corrected chi connectivity index (χ1v) is 6.36. The number of imide groups is 1. The molecule has 1 aliphatic rings. The fourth-order valence-corrected chi connectivity index (χ4v) is 2.51. The molecule has 0 aromatic heterocycles. The summed E-state index contributed by atoms with van der Waals surface area (Å²) in [7, 11) is 0. The van der Waals surface area contributed by atoms with Gasteiger partial charge in [-0.25, -0.2) is 0 Å². The van der Waals surface area contributed by atoms with E-state index < -0.39 is 3.23 Å². The Hall–Kier alpha value is -0.680. The third-order valence-corrected chi connectivity index (χ3v) is 3.65. The first-order valence-electron chi connectivity index (χ1n) is 4.77. The van der Waals surface area contributed by atoms with Crippen LogP contribution >= 0.6 is 31.9 Å². The summed E-state index contributed by atoms with van der Waals surface area (Å²) in [4.78, 5) is 24.8. The van der Waals surface area contributed by atoms with Crippen molar-refractivity contribution in [1.82, 2.24) is 4.90 Å². The quantitative estimate of drug-likeness (QED) is 0.609. The highest BCUT2D eigenvalue weighted by Crippen LogP contribution is 2.38. The Labute approximate surface area is 110 Å². The fourth-order valence-electron chi connectivity index (χ4n) is 1.60. The minimum atomic E-state index is -0.911. The van der Waals surface area contributed by atoms with Gasteiger partial charge in [-0.2, -0.15) is 0 Å². The molecule has 2 rings (SSSR count). The molecule has 3 nitrogen and oxygen atoms in total. The molecule has 0 aliphatic carbocycles. The first kappa shape index (κ1) is 11.8. The van der Waals surface area contributed by atoms with Gasteiger partial charge < -0.3 is 0 Å². The fraction of sp³-hybridized carbons (Fsp3) is 0.273. The Bertz CT molecular complexity index is 431. The molecule has 1 aromatic carbocycles. The summed E-state index contributed by atoms with van der Waals surface area (Å²) in [5.41, 5.74) is 0.946. The Balaban J connectivity index is 2.18. The molecule has 0 unspecified atom stereocenters. The number of halogens is 2. The van der Waals surface area contributed by atoms with Crippen molar-refractivity contribution in [3.63, 3.8) is 0 Å². The molecule has 1 aliphatic heterocycles. The number of carbonyl (C=O) groups excluding carboxylic acids is 2. The van der Waals surface area contributed by atoms with E-state index in [2.05, 4.69) is 31.9 Å². The molecular weight excluding hydrogens is 338 g/mol. The van der Waals surface area contributed by atoms with Crippen molar-refractivity contribution < 1.29 is 9.59 Å². The summed E-state index contributed by atoms with van der Waals surface area (Å²) in [6, 6.07) is 9.45. The van der Waals surface area contributed by atoms with Crippen LogP contribution in [-0.4, -0.2) is 19.9 Å². The third-order valence-electron chi connectivity index (χ3n) is 2.42. The average Bonchev–Trinajstić information content (AvgIpc) is 2.42. The van der Waals surface area contributed by atoms with Gasteiger partial charge in [-0.05, 0) is 5.56 Å². The van der Waals surface area contributed by atoms with Gasteiger partial charge in [-0.1, -0.05) is 62.2 Å². The molecular formula is C11H9Br2NO2. The second-order valence-electron chi connectivity index (χ2n) is 3.65. The zero-order valence-corrected chi connectivity index (χ0v) is 11.5. The van der Waals surface area contributed by atoms with Crippen LogP contribution in [0, 0.1) is 0 Å². The van der Waals surface area contributed by atoms with Gasteiger partial charge in [0.05, 0.1) is 13.0 Å². The van der Waals surface area contributed by atoms with Crippen LogP contribution in [0.15, 0.2) is 30.3 Å². The molecule has 5 heteroatoms. The van der Waals surface area contributed by atoms with Crippen LogP contribution in [0.5, 0.6) is 0 Å². The maximum atomic E-state index is 11.9.